The zero-order valence-electron chi connectivity index (χ0n) is 19.5. The fraction of sp³-hybridized carbons (Fsp3) is 0.240. The number of hydrogen-bond acceptors (Lipinski definition) is 8. The second kappa shape index (κ2) is 10.5. The van der Waals surface area contributed by atoms with Crippen molar-refractivity contribution in [1.29, 1.82) is 0 Å². The number of nitrogens with one attached hydrogen (secondary N) is 1. The summed E-state index contributed by atoms with van der Waals surface area (Å²) in [5.74, 6) is -0.324. The molecule has 2 aromatic heterocycles. The number of esters is 1. The van der Waals surface area contributed by atoms with Gasteiger partial charge in [-0.1, -0.05) is 30.3 Å². The molecule has 9 nitrogen and oxygen atoms in total. The summed E-state index contributed by atoms with van der Waals surface area (Å²) in [5, 5.41) is 10.2. The van der Waals surface area contributed by atoms with Crippen LogP contribution >= 0.6 is 11.3 Å². The third-order valence-electron chi connectivity index (χ3n) is 5.15. The van der Waals surface area contributed by atoms with Gasteiger partial charge in [0.2, 0.25) is 5.91 Å². The topological polar surface area (TPSA) is 112 Å². The lowest BCUT2D eigenvalue weighted by Gasteiger charge is -2.12. The van der Waals surface area contributed by atoms with Gasteiger partial charge in [-0.05, 0) is 32.0 Å². The van der Waals surface area contributed by atoms with Crippen LogP contribution in [-0.4, -0.2) is 33.8 Å². The van der Waals surface area contributed by atoms with E-state index in [1.807, 2.05) is 19.9 Å². The van der Waals surface area contributed by atoms with E-state index in [1.165, 1.54) is 23.1 Å². The predicted molar refractivity (Wildman–Crippen MR) is 133 cm³/mol. The highest BCUT2D eigenvalue weighted by Crippen LogP contribution is 2.23. The number of carbonyl (C=O) groups excluding carboxylic acids is 2. The third-order valence-corrected chi connectivity index (χ3v) is 6.05. The number of para-hydroxylation sites is 2. The summed E-state index contributed by atoms with van der Waals surface area (Å²) in [7, 11) is 1.54. The second-order valence-corrected chi connectivity index (χ2v) is 8.91. The summed E-state index contributed by atoms with van der Waals surface area (Å²) >= 11 is 1.30. The minimum atomic E-state index is -0.654. The highest BCUT2D eigenvalue weighted by atomic mass is 32.1. The standard InChI is InChI=1S/C25H24N4O5S/c1-15(2)29-24(31)18-9-5-4-8-17(18)23(28-29)25(32)34-13-16-14-35-22(26-16)12-21(30)27-19-10-6-7-11-20(19)33-3/h4-11,14-15H,12-13H2,1-3H3,(H,27,30). The number of ether oxygens (including phenoxy) is 2. The Labute approximate surface area is 205 Å². The Bertz CT molecular complexity index is 1440. The van der Waals surface area contributed by atoms with E-state index in [2.05, 4.69) is 15.4 Å². The van der Waals surface area contributed by atoms with Crippen molar-refractivity contribution in [3.63, 3.8) is 0 Å². The molecule has 0 radical (unpaired) electrons. The minimum Gasteiger partial charge on any atom is -0.495 e. The molecule has 2 heterocycles. The number of nitrogens with zero attached hydrogens (tertiary/aromatic N) is 3. The quantitative estimate of drug-likeness (QED) is 0.370. The van der Waals surface area contributed by atoms with Gasteiger partial charge in [0.05, 0.1) is 36.3 Å². The maximum atomic E-state index is 12.9. The van der Waals surface area contributed by atoms with Crippen LogP contribution in [0.4, 0.5) is 5.69 Å². The van der Waals surface area contributed by atoms with Gasteiger partial charge in [0, 0.05) is 10.8 Å². The van der Waals surface area contributed by atoms with Gasteiger partial charge in [-0.25, -0.2) is 14.5 Å². The summed E-state index contributed by atoms with van der Waals surface area (Å²) in [4.78, 5) is 42.4. The fourth-order valence-electron chi connectivity index (χ4n) is 3.49. The molecule has 4 rings (SSSR count). The highest BCUT2D eigenvalue weighted by molar-refractivity contribution is 7.09. The number of aromatic nitrogens is 3. The minimum absolute atomic E-state index is 0.0699. The van der Waals surface area contributed by atoms with E-state index in [9.17, 15) is 14.4 Å². The Hall–Kier alpha value is -4.05. The Morgan fingerprint density at radius 2 is 1.80 bits per heavy atom. The Balaban J connectivity index is 1.43. The summed E-state index contributed by atoms with van der Waals surface area (Å²) in [6, 6.07) is 13.7. The van der Waals surface area contributed by atoms with Crippen molar-refractivity contribution in [2.45, 2.75) is 32.9 Å². The molecule has 0 atom stereocenters. The van der Waals surface area contributed by atoms with Gasteiger partial charge >= 0.3 is 5.97 Å². The van der Waals surface area contributed by atoms with E-state index in [1.54, 1.807) is 47.8 Å². The van der Waals surface area contributed by atoms with Gasteiger partial charge in [-0.3, -0.25) is 9.59 Å². The molecule has 0 aliphatic rings. The lowest BCUT2D eigenvalue weighted by atomic mass is 10.1. The maximum Gasteiger partial charge on any atom is 0.359 e. The Morgan fingerprint density at radius 3 is 2.54 bits per heavy atom. The molecule has 0 aliphatic carbocycles. The molecular weight excluding hydrogens is 468 g/mol. The smallest absolute Gasteiger partial charge is 0.359 e. The number of thiazole rings is 1. The first-order valence-corrected chi connectivity index (χ1v) is 11.8. The van der Waals surface area contributed by atoms with Crippen LogP contribution < -0.4 is 15.6 Å². The van der Waals surface area contributed by atoms with Crippen molar-refractivity contribution < 1.29 is 19.1 Å². The summed E-state index contributed by atoms with van der Waals surface area (Å²) in [6.07, 6.45) is 0.0716. The van der Waals surface area contributed by atoms with Crippen LogP contribution in [0.15, 0.2) is 58.7 Å². The molecule has 0 saturated heterocycles. The molecule has 0 unspecified atom stereocenters. The van der Waals surface area contributed by atoms with Crippen LogP contribution in [0.1, 0.15) is 41.1 Å². The number of carbonyl (C=O) groups is 2. The molecule has 2 aromatic carbocycles. The Kier molecular flexibility index (Phi) is 7.21. The van der Waals surface area contributed by atoms with E-state index >= 15 is 0 Å². The molecule has 0 spiro atoms. The van der Waals surface area contributed by atoms with Gasteiger partial charge in [-0.15, -0.1) is 11.3 Å². The Morgan fingerprint density at radius 1 is 1.09 bits per heavy atom. The zero-order chi connectivity index (χ0) is 24.9. The van der Waals surface area contributed by atoms with Gasteiger partial charge < -0.3 is 14.8 Å². The van der Waals surface area contributed by atoms with E-state index in [0.717, 1.165) is 0 Å². The van der Waals surface area contributed by atoms with Crippen LogP contribution in [0.5, 0.6) is 5.75 Å². The molecule has 4 aromatic rings. The average Bonchev–Trinajstić information content (AvgIpc) is 3.30. The summed E-state index contributed by atoms with van der Waals surface area (Å²) < 4.78 is 12.0. The summed E-state index contributed by atoms with van der Waals surface area (Å²) in [6.45, 7) is 3.55. The van der Waals surface area contributed by atoms with Gasteiger partial charge in [0.15, 0.2) is 5.69 Å². The number of methoxy groups -OCH3 is 1. The van der Waals surface area contributed by atoms with E-state index in [4.69, 9.17) is 9.47 Å². The molecular formula is C25H24N4O5S. The molecule has 180 valence electrons. The van der Waals surface area contributed by atoms with Crippen molar-refractivity contribution in [2.75, 3.05) is 12.4 Å². The molecule has 0 aliphatic heterocycles. The van der Waals surface area contributed by atoms with Crippen molar-refractivity contribution in [3.8, 4) is 5.75 Å². The molecule has 0 fully saturated rings. The van der Waals surface area contributed by atoms with Crippen molar-refractivity contribution >= 4 is 39.7 Å². The highest BCUT2D eigenvalue weighted by Gasteiger charge is 2.20. The van der Waals surface area contributed by atoms with Crippen LogP contribution in [-0.2, 0) is 22.6 Å². The number of amides is 1. The third kappa shape index (κ3) is 5.38. The van der Waals surface area contributed by atoms with Crippen molar-refractivity contribution in [2.24, 2.45) is 0 Å². The largest absolute Gasteiger partial charge is 0.495 e. The molecule has 10 heteroatoms. The van der Waals surface area contributed by atoms with Crippen LogP contribution in [0.2, 0.25) is 0 Å². The maximum absolute atomic E-state index is 12.9. The lowest BCUT2D eigenvalue weighted by molar-refractivity contribution is -0.115. The van der Waals surface area contributed by atoms with Crippen molar-refractivity contribution in [3.05, 3.63) is 80.7 Å². The SMILES string of the molecule is COc1ccccc1NC(=O)Cc1nc(COC(=O)c2nn(C(C)C)c(=O)c3ccccc23)cs1. The number of fused-ring (bicyclic) bond motifs is 1. The fourth-order valence-corrected chi connectivity index (χ4v) is 4.27. The second-order valence-electron chi connectivity index (χ2n) is 7.97. The number of anilines is 1. The number of benzene rings is 2. The van der Waals surface area contributed by atoms with Crippen LogP contribution in [0.3, 0.4) is 0 Å². The average molecular weight is 493 g/mol. The number of hydrogen-bond donors (Lipinski definition) is 1. The van der Waals surface area contributed by atoms with Crippen LogP contribution in [0.25, 0.3) is 10.8 Å². The first kappa shape index (κ1) is 24.1. The first-order chi connectivity index (χ1) is 16.9. The van der Waals surface area contributed by atoms with E-state index in [-0.39, 0.29) is 36.2 Å². The molecule has 0 saturated carbocycles. The first-order valence-electron chi connectivity index (χ1n) is 10.9. The molecule has 35 heavy (non-hydrogen) atoms. The molecule has 0 bridgehead atoms. The van der Waals surface area contributed by atoms with E-state index < -0.39 is 5.97 Å². The predicted octanol–water partition coefficient (Wildman–Crippen LogP) is 3.98. The molecule has 1 amide bonds. The van der Waals surface area contributed by atoms with E-state index in [0.29, 0.717) is 32.9 Å². The molecule has 1 N–H and O–H groups in total. The van der Waals surface area contributed by atoms with Gasteiger partial charge in [0.25, 0.3) is 5.56 Å². The van der Waals surface area contributed by atoms with Gasteiger partial charge in [-0.2, -0.15) is 5.10 Å². The van der Waals surface area contributed by atoms with Crippen LogP contribution in [0, 0.1) is 0 Å². The normalized spacial score (nSPS) is 11.0. The zero-order valence-corrected chi connectivity index (χ0v) is 20.3. The van der Waals surface area contributed by atoms with Gasteiger partial charge in [0.1, 0.15) is 17.4 Å². The summed E-state index contributed by atoms with van der Waals surface area (Å²) in [5.41, 5.74) is 0.904. The van der Waals surface area contributed by atoms with Crippen molar-refractivity contribution in [1.82, 2.24) is 14.8 Å². The monoisotopic (exact) mass is 492 g/mol. The lowest BCUT2D eigenvalue weighted by Crippen LogP contribution is -2.27. The number of rotatable bonds is 8.